The van der Waals surface area contributed by atoms with E-state index in [2.05, 4.69) is 15.9 Å². The van der Waals surface area contributed by atoms with Gasteiger partial charge in [0.05, 0.1) is 4.47 Å². The van der Waals surface area contributed by atoms with E-state index in [4.69, 9.17) is 18.0 Å². The van der Waals surface area contributed by atoms with E-state index in [9.17, 15) is 4.79 Å². The van der Waals surface area contributed by atoms with Crippen LogP contribution >= 0.6 is 28.1 Å². The topological polar surface area (TPSA) is 48.0 Å². The van der Waals surface area contributed by atoms with Gasteiger partial charge in [0.25, 0.3) is 0 Å². The van der Waals surface area contributed by atoms with Crippen molar-refractivity contribution in [1.29, 1.82) is 0 Å². The monoisotopic (exact) mass is 260 g/mol. The summed E-state index contributed by atoms with van der Waals surface area (Å²) in [5, 5.41) is 0. The quantitative estimate of drug-likeness (QED) is 0.844. The zero-order valence-corrected chi connectivity index (χ0v) is 9.27. The molecule has 0 bridgehead atoms. The molecule has 1 amide bonds. The summed E-state index contributed by atoms with van der Waals surface area (Å²) >= 11 is 8.42. The number of hydrogen-bond donors (Lipinski definition) is 1. The fourth-order valence-electron chi connectivity index (χ4n) is 0.914. The van der Waals surface area contributed by atoms with Crippen LogP contribution in [0.3, 0.4) is 0 Å². The van der Waals surface area contributed by atoms with E-state index >= 15 is 0 Å². The summed E-state index contributed by atoms with van der Waals surface area (Å²) in [5.41, 5.74) is 5.03. The molecule has 0 spiro atoms. The molecule has 0 saturated heterocycles. The third-order valence-electron chi connectivity index (χ3n) is 1.57. The number of pyridine rings is 1. The summed E-state index contributed by atoms with van der Waals surface area (Å²) < 4.78 is 3.35. The molecule has 70 valence electrons. The van der Waals surface area contributed by atoms with Crippen LogP contribution in [0.25, 0.3) is 0 Å². The fourth-order valence-corrected chi connectivity index (χ4v) is 1.51. The third kappa shape index (κ3) is 2.93. The Labute approximate surface area is 89.7 Å². The van der Waals surface area contributed by atoms with E-state index in [0.29, 0.717) is 17.6 Å². The van der Waals surface area contributed by atoms with Crippen LogP contribution in [0, 0.1) is 4.64 Å². The zero-order chi connectivity index (χ0) is 9.84. The first-order chi connectivity index (χ1) is 6.11. The van der Waals surface area contributed by atoms with E-state index in [0.717, 1.165) is 4.47 Å². The van der Waals surface area contributed by atoms with Crippen LogP contribution in [0.4, 0.5) is 0 Å². The van der Waals surface area contributed by atoms with Crippen molar-refractivity contribution in [1.82, 2.24) is 4.57 Å². The summed E-state index contributed by atoms with van der Waals surface area (Å²) in [6.07, 6.45) is 2.14. The van der Waals surface area contributed by atoms with Crippen molar-refractivity contribution in [2.45, 2.75) is 13.0 Å². The molecule has 0 radical (unpaired) electrons. The van der Waals surface area contributed by atoms with Gasteiger partial charge in [0.15, 0.2) is 0 Å². The molecule has 1 aromatic rings. The van der Waals surface area contributed by atoms with E-state index in [1.54, 1.807) is 0 Å². The van der Waals surface area contributed by atoms with Gasteiger partial charge in [0.1, 0.15) is 4.64 Å². The van der Waals surface area contributed by atoms with Gasteiger partial charge in [-0.25, -0.2) is 0 Å². The van der Waals surface area contributed by atoms with E-state index < -0.39 is 0 Å². The second-order valence-electron chi connectivity index (χ2n) is 2.57. The first-order valence-electron chi connectivity index (χ1n) is 3.74. The van der Waals surface area contributed by atoms with Crippen LogP contribution < -0.4 is 5.73 Å². The van der Waals surface area contributed by atoms with Crippen LogP contribution in [-0.4, -0.2) is 10.5 Å². The summed E-state index contributed by atoms with van der Waals surface area (Å²) in [6.45, 7) is 0.535. The van der Waals surface area contributed by atoms with Crippen molar-refractivity contribution in [2.24, 2.45) is 5.73 Å². The first kappa shape index (κ1) is 10.4. The molecule has 0 aromatic carbocycles. The number of nitrogens with zero attached hydrogens (tertiary/aromatic N) is 1. The SMILES string of the molecule is NC(=O)CCn1cccc(Br)c1=S. The van der Waals surface area contributed by atoms with E-state index in [1.165, 1.54) is 0 Å². The van der Waals surface area contributed by atoms with Crippen molar-refractivity contribution in [3.8, 4) is 0 Å². The molecular weight excluding hydrogens is 252 g/mol. The molecule has 0 fully saturated rings. The number of aromatic nitrogens is 1. The standard InChI is InChI=1S/C8H9BrN2OS/c9-6-2-1-4-11(8(6)13)5-3-7(10)12/h1-2,4H,3,5H2,(H2,10,12). The number of aryl methyl sites for hydroxylation is 1. The fraction of sp³-hybridized carbons (Fsp3) is 0.250. The minimum atomic E-state index is -0.318. The number of amides is 1. The lowest BCUT2D eigenvalue weighted by Gasteiger charge is -2.05. The van der Waals surface area contributed by atoms with Crippen molar-refractivity contribution < 1.29 is 4.79 Å². The second kappa shape index (κ2) is 4.53. The number of primary amides is 1. The summed E-state index contributed by atoms with van der Waals surface area (Å²) in [5.74, 6) is -0.318. The minimum Gasteiger partial charge on any atom is -0.370 e. The molecule has 0 unspecified atom stereocenters. The Hall–Kier alpha value is -0.680. The van der Waals surface area contributed by atoms with Crippen LogP contribution in [0.1, 0.15) is 6.42 Å². The molecule has 1 aromatic heterocycles. The van der Waals surface area contributed by atoms with Gasteiger partial charge in [0.2, 0.25) is 5.91 Å². The molecule has 1 heterocycles. The number of halogens is 1. The normalized spacial score (nSPS) is 9.92. The zero-order valence-electron chi connectivity index (χ0n) is 6.87. The van der Waals surface area contributed by atoms with Gasteiger partial charge in [-0.1, -0.05) is 12.2 Å². The summed E-state index contributed by atoms with van der Waals surface area (Å²) in [6, 6.07) is 3.73. The van der Waals surface area contributed by atoms with Crippen molar-refractivity contribution in [3.05, 3.63) is 27.4 Å². The molecule has 3 nitrogen and oxygen atoms in total. The van der Waals surface area contributed by atoms with Gasteiger partial charge in [-0.15, -0.1) is 0 Å². The predicted molar refractivity (Wildman–Crippen MR) is 56.8 cm³/mol. The van der Waals surface area contributed by atoms with Crippen molar-refractivity contribution >= 4 is 34.1 Å². The highest BCUT2D eigenvalue weighted by Crippen LogP contribution is 2.11. The Morgan fingerprint density at radius 1 is 1.69 bits per heavy atom. The van der Waals surface area contributed by atoms with E-state index in [1.807, 2.05) is 22.9 Å². The summed E-state index contributed by atoms with van der Waals surface area (Å²) in [4.78, 5) is 10.5. The maximum absolute atomic E-state index is 10.5. The molecule has 1 rings (SSSR count). The maximum Gasteiger partial charge on any atom is 0.219 e. The number of hydrogen-bond acceptors (Lipinski definition) is 2. The Morgan fingerprint density at radius 2 is 2.38 bits per heavy atom. The first-order valence-corrected chi connectivity index (χ1v) is 4.94. The Morgan fingerprint density at radius 3 is 3.00 bits per heavy atom. The molecule has 5 heteroatoms. The Bertz CT molecular complexity index is 375. The molecule has 13 heavy (non-hydrogen) atoms. The van der Waals surface area contributed by atoms with Crippen LogP contribution in [-0.2, 0) is 11.3 Å². The largest absolute Gasteiger partial charge is 0.370 e. The van der Waals surface area contributed by atoms with Crippen LogP contribution in [0.15, 0.2) is 22.8 Å². The number of carbonyl (C=O) groups excluding carboxylic acids is 1. The highest BCUT2D eigenvalue weighted by atomic mass is 79.9. The van der Waals surface area contributed by atoms with Gasteiger partial charge in [-0.2, -0.15) is 0 Å². The average molecular weight is 261 g/mol. The molecule has 0 aliphatic rings. The predicted octanol–water partition coefficient (Wildman–Crippen LogP) is 1.86. The number of nitrogens with two attached hydrogens (primary N) is 1. The van der Waals surface area contributed by atoms with Gasteiger partial charge in [0, 0.05) is 19.2 Å². The lowest BCUT2D eigenvalue weighted by atomic mass is 10.4. The molecule has 0 aliphatic carbocycles. The Kier molecular flexibility index (Phi) is 3.62. The third-order valence-corrected chi connectivity index (χ3v) is 2.93. The average Bonchev–Trinajstić information content (AvgIpc) is 2.07. The number of carbonyl (C=O) groups is 1. The molecule has 0 saturated carbocycles. The Balaban J connectivity index is 2.84. The van der Waals surface area contributed by atoms with Gasteiger partial charge in [-0.3, -0.25) is 4.79 Å². The van der Waals surface area contributed by atoms with Gasteiger partial charge < -0.3 is 10.3 Å². The molecule has 0 aliphatic heterocycles. The maximum atomic E-state index is 10.5. The second-order valence-corrected chi connectivity index (χ2v) is 3.81. The summed E-state index contributed by atoms with van der Waals surface area (Å²) in [7, 11) is 0. The highest BCUT2D eigenvalue weighted by Gasteiger charge is 1.98. The molecular formula is C8H9BrN2OS. The molecule has 0 atom stereocenters. The van der Waals surface area contributed by atoms with Crippen LogP contribution in [0.2, 0.25) is 0 Å². The smallest absolute Gasteiger partial charge is 0.219 e. The van der Waals surface area contributed by atoms with Crippen LogP contribution in [0.5, 0.6) is 0 Å². The lowest BCUT2D eigenvalue weighted by Crippen LogP contribution is -2.14. The number of rotatable bonds is 3. The van der Waals surface area contributed by atoms with Gasteiger partial charge in [-0.05, 0) is 28.1 Å². The van der Waals surface area contributed by atoms with Crippen molar-refractivity contribution in [3.63, 3.8) is 0 Å². The van der Waals surface area contributed by atoms with Crippen molar-refractivity contribution in [2.75, 3.05) is 0 Å². The lowest BCUT2D eigenvalue weighted by molar-refractivity contribution is -0.118. The minimum absolute atomic E-state index is 0.310. The molecule has 2 N–H and O–H groups in total. The van der Waals surface area contributed by atoms with Gasteiger partial charge >= 0.3 is 0 Å². The van der Waals surface area contributed by atoms with E-state index in [-0.39, 0.29) is 5.91 Å². The highest BCUT2D eigenvalue weighted by molar-refractivity contribution is 9.10.